The van der Waals surface area contributed by atoms with Crippen LogP contribution in [0.5, 0.6) is 5.75 Å². The fourth-order valence-corrected chi connectivity index (χ4v) is 3.59. The molecular weight excluding hydrogens is 376 g/mol. The number of aryl methyl sites for hydroxylation is 1. The minimum Gasteiger partial charge on any atom is -0.492 e. The molecule has 0 atom stereocenters. The number of benzene rings is 1. The van der Waals surface area contributed by atoms with Crippen LogP contribution < -0.4 is 4.74 Å². The molecule has 0 aliphatic heterocycles. The lowest BCUT2D eigenvalue weighted by atomic mass is 10.1. The molecule has 0 unspecified atom stereocenters. The van der Waals surface area contributed by atoms with Gasteiger partial charge in [-0.1, -0.05) is 31.4 Å². The number of aromatic nitrogens is 1. The second-order valence-corrected chi connectivity index (χ2v) is 7.86. The van der Waals surface area contributed by atoms with Crippen LogP contribution in [0.3, 0.4) is 0 Å². The van der Waals surface area contributed by atoms with Gasteiger partial charge < -0.3 is 14.5 Å². The smallest absolute Gasteiger partial charge is 0.340 e. The molecule has 30 heavy (non-hydrogen) atoms. The molecule has 5 heteroatoms. The lowest BCUT2D eigenvalue weighted by Gasteiger charge is -2.30. The van der Waals surface area contributed by atoms with Gasteiger partial charge in [-0.15, -0.1) is 0 Å². The van der Waals surface area contributed by atoms with Crippen molar-refractivity contribution >= 4 is 16.9 Å². The van der Waals surface area contributed by atoms with Crippen molar-refractivity contribution in [3.8, 4) is 5.75 Å². The maximum Gasteiger partial charge on any atom is 0.340 e. The van der Waals surface area contributed by atoms with E-state index in [1.807, 2.05) is 25.1 Å². The van der Waals surface area contributed by atoms with E-state index in [4.69, 9.17) is 9.47 Å². The Bertz CT molecular complexity index is 914. The van der Waals surface area contributed by atoms with Crippen LogP contribution in [-0.2, 0) is 4.74 Å². The Morgan fingerprint density at radius 1 is 1.20 bits per heavy atom. The topological polar surface area (TPSA) is 54.6 Å². The maximum absolute atomic E-state index is 12.8. The molecule has 0 spiro atoms. The standard InChI is InChI=1S/C25H34N2O3/c1-8-10-20(9-2)16-30-25(28)24-19(7)26-23-12-11-21(15-22(23)24)29-14-13-27(17(3)4)18(5)6/h8-12,15,17-18,26H,1-2,13-14,16H2,3-7H3/b20-10+. The number of nitrogens with zero attached hydrogens (tertiary/aromatic N) is 1. The maximum atomic E-state index is 12.8. The van der Waals surface area contributed by atoms with E-state index in [2.05, 4.69) is 50.7 Å². The van der Waals surface area contributed by atoms with Crippen molar-refractivity contribution in [3.63, 3.8) is 0 Å². The number of nitrogens with one attached hydrogen (secondary N) is 1. The molecule has 0 amide bonds. The molecular formula is C25H34N2O3. The van der Waals surface area contributed by atoms with Gasteiger partial charge in [0.15, 0.2) is 0 Å². The Hall–Kier alpha value is -2.79. The van der Waals surface area contributed by atoms with E-state index in [0.29, 0.717) is 24.3 Å². The van der Waals surface area contributed by atoms with Gasteiger partial charge in [0.2, 0.25) is 0 Å². The number of H-pyrrole nitrogens is 1. The molecule has 2 aromatic rings. The average Bonchev–Trinajstić information content (AvgIpc) is 3.02. The number of esters is 1. The molecule has 0 saturated heterocycles. The Morgan fingerprint density at radius 3 is 2.50 bits per heavy atom. The number of hydrogen-bond donors (Lipinski definition) is 1. The molecule has 1 aromatic heterocycles. The molecule has 0 aliphatic rings. The van der Waals surface area contributed by atoms with E-state index in [1.165, 1.54) is 0 Å². The Kier molecular flexibility index (Phi) is 8.48. The van der Waals surface area contributed by atoms with Crippen molar-refractivity contribution in [2.45, 2.75) is 46.7 Å². The zero-order chi connectivity index (χ0) is 22.3. The van der Waals surface area contributed by atoms with Crippen molar-refractivity contribution in [3.05, 3.63) is 66.4 Å². The predicted molar refractivity (Wildman–Crippen MR) is 124 cm³/mol. The van der Waals surface area contributed by atoms with E-state index in [-0.39, 0.29) is 12.6 Å². The molecule has 0 fully saturated rings. The Balaban J connectivity index is 2.15. The third-order valence-electron chi connectivity index (χ3n) is 5.07. The number of carbonyl (C=O) groups is 1. The normalized spacial score (nSPS) is 12.1. The van der Waals surface area contributed by atoms with Gasteiger partial charge in [-0.25, -0.2) is 4.79 Å². The van der Waals surface area contributed by atoms with Crippen LogP contribution in [0.15, 0.2) is 55.2 Å². The van der Waals surface area contributed by atoms with Crippen molar-refractivity contribution in [2.75, 3.05) is 19.8 Å². The van der Waals surface area contributed by atoms with Gasteiger partial charge in [-0.3, -0.25) is 4.90 Å². The summed E-state index contributed by atoms with van der Waals surface area (Å²) in [7, 11) is 0. The van der Waals surface area contributed by atoms with Gasteiger partial charge in [0.1, 0.15) is 19.0 Å². The number of allylic oxidation sites excluding steroid dienone is 2. The molecule has 162 valence electrons. The van der Waals surface area contributed by atoms with Crippen LogP contribution in [0, 0.1) is 6.92 Å². The summed E-state index contributed by atoms with van der Waals surface area (Å²) in [6.45, 7) is 19.6. The van der Waals surface area contributed by atoms with Crippen molar-refractivity contribution in [1.29, 1.82) is 0 Å². The average molecular weight is 411 g/mol. The first kappa shape index (κ1) is 23.5. The number of fused-ring (bicyclic) bond motifs is 1. The molecule has 2 rings (SSSR count). The SMILES string of the molecule is C=C/C=C(\C=C)COC(=O)c1c(C)[nH]c2ccc(OCCN(C(C)C)C(C)C)cc12. The molecule has 5 nitrogen and oxygen atoms in total. The number of aromatic amines is 1. The van der Waals surface area contributed by atoms with Crippen LogP contribution in [0.25, 0.3) is 10.9 Å². The van der Waals surface area contributed by atoms with Gasteiger partial charge in [0, 0.05) is 35.2 Å². The summed E-state index contributed by atoms with van der Waals surface area (Å²) in [6, 6.07) is 6.67. The highest BCUT2D eigenvalue weighted by Gasteiger charge is 2.19. The molecule has 0 radical (unpaired) electrons. The first-order valence-electron chi connectivity index (χ1n) is 10.4. The number of rotatable bonds is 11. The summed E-state index contributed by atoms with van der Waals surface area (Å²) in [5.41, 5.74) is 2.97. The summed E-state index contributed by atoms with van der Waals surface area (Å²) in [5.74, 6) is 0.361. The molecule has 0 aliphatic carbocycles. The highest BCUT2D eigenvalue weighted by Crippen LogP contribution is 2.27. The number of hydrogen-bond acceptors (Lipinski definition) is 4. The zero-order valence-corrected chi connectivity index (χ0v) is 18.8. The van der Waals surface area contributed by atoms with Crippen molar-refractivity contribution < 1.29 is 14.3 Å². The minimum absolute atomic E-state index is 0.150. The second-order valence-electron chi connectivity index (χ2n) is 7.86. The molecule has 1 heterocycles. The van der Waals surface area contributed by atoms with Crippen LogP contribution in [0.4, 0.5) is 0 Å². The van der Waals surface area contributed by atoms with Gasteiger partial charge in [0.25, 0.3) is 0 Å². The van der Waals surface area contributed by atoms with Crippen LogP contribution in [-0.4, -0.2) is 47.7 Å². The molecule has 0 bridgehead atoms. The summed E-state index contributed by atoms with van der Waals surface area (Å²) in [5, 5.41) is 0.799. The van der Waals surface area contributed by atoms with Crippen LogP contribution >= 0.6 is 0 Å². The Morgan fingerprint density at radius 2 is 1.90 bits per heavy atom. The van der Waals surface area contributed by atoms with E-state index in [9.17, 15) is 4.79 Å². The van der Waals surface area contributed by atoms with Crippen molar-refractivity contribution in [1.82, 2.24) is 9.88 Å². The Labute approximate surface area is 180 Å². The monoisotopic (exact) mass is 410 g/mol. The van der Waals surface area contributed by atoms with Gasteiger partial charge in [-0.05, 0) is 58.4 Å². The first-order chi connectivity index (χ1) is 14.3. The lowest BCUT2D eigenvalue weighted by Crippen LogP contribution is -2.39. The highest BCUT2D eigenvalue weighted by atomic mass is 16.5. The number of ether oxygens (including phenoxy) is 2. The first-order valence-corrected chi connectivity index (χ1v) is 10.4. The fourth-order valence-electron chi connectivity index (χ4n) is 3.59. The summed E-state index contributed by atoms with van der Waals surface area (Å²) in [4.78, 5) is 18.4. The second kappa shape index (κ2) is 10.8. The van der Waals surface area contributed by atoms with Crippen LogP contribution in [0.1, 0.15) is 43.7 Å². The number of carbonyl (C=O) groups excluding carboxylic acids is 1. The summed E-state index contributed by atoms with van der Waals surface area (Å²) >= 11 is 0. The quantitative estimate of drug-likeness (QED) is 0.396. The molecule has 1 aromatic carbocycles. The predicted octanol–water partition coefficient (Wildman–Crippen LogP) is 5.43. The highest BCUT2D eigenvalue weighted by molar-refractivity contribution is 6.06. The molecule has 0 saturated carbocycles. The fraction of sp³-hybridized carbons (Fsp3) is 0.400. The van der Waals surface area contributed by atoms with Gasteiger partial charge in [0.05, 0.1) is 5.56 Å². The third-order valence-corrected chi connectivity index (χ3v) is 5.07. The van der Waals surface area contributed by atoms with Gasteiger partial charge >= 0.3 is 5.97 Å². The van der Waals surface area contributed by atoms with Crippen LogP contribution in [0.2, 0.25) is 0 Å². The minimum atomic E-state index is -0.376. The van der Waals surface area contributed by atoms with E-state index >= 15 is 0 Å². The largest absolute Gasteiger partial charge is 0.492 e. The third kappa shape index (κ3) is 5.86. The van der Waals surface area contributed by atoms with E-state index in [0.717, 1.165) is 34.5 Å². The zero-order valence-electron chi connectivity index (χ0n) is 18.8. The lowest BCUT2D eigenvalue weighted by molar-refractivity contribution is 0.0544. The van der Waals surface area contributed by atoms with Gasteiger partial charge in [-0.2, -0.15) is 0 Å². The molecule has 1 N–H and O–H groups in total. The van der Waals surface area contributed by atoms with E-state index in [1.54, 1.807) is 18.2 Å². The summed E-state index contributed by atoms with van der Waals surface area (Å²) < 4.78 is 11.5. The summed E-state index contributed by atoms with van der Waals surface area (Å²) in [6.07, 6.45) is 5.07. The van der Waals surface area contributed by atoms with Crippen molar-refractivity contribution in [2.24, 2.45) is 0 Å². The van der Waals surface area contributed by atoms with E-state index < -0.39 is 0 Å².